The first-order valence-corrected chi connectivity index (χ1v) is 11.7. The Morgan fingerprint density at radius 2 is 1.59 bits per heavy atom. The van der Waals surface area contributed by atoms with Crippen molar-refractivity contribution in [3.8, 4) is 5.75 Å². The van der Waals surface area contributed by atoms with Crippen molar-refractivity contribution in [3.05, 3.63) is 29.8 Å². The van der Waals surface area contributed by atoms with Gasteiger partial charge < -0.3 is 23.7 Å². The van der Waals surface area contributed by atoms with E-state index in [2.05, 4.69) is 19.1 Å². The van der Waals surface area contributed by atoms with Gasteiger partial charge in [0.15, 0.2) is 12.4 Å². The lowest BCUT2D eigenvalue weighted by atomic mass is 9.89. The molecule has 0 aromatic heterocycles. The molecular formula is C25H38O7. The highest BCUT2D eigenvalue weighted by molar-refractivity contribution is 5.67. The van der Waals surface area contributed by atoms with Crippen molar-refractivity contribution in [1.82, 2.24) is 0 Å². The minimum absolute atomic E-state index is 0.114. The maximum atomic E-state index is 11.7. The average Bonchev–Trinajstić information content (AvgIpc) is 2.76. The van der Waals surface area contributed by atoms with E-state index in [0.717, 1.165) is 44.5 Å². The highest BCUT2D eigenvalue weighted by Crippen LogP contribution is 2.32. The average molecular weight is 451 g/mol. The van der Waals surface area contributed by atoms with Crippen molar-refractivity contribution in [2.45, 2.75) is 91.3 Å². The highest BCUT2D eigenvalue weighted by atomic mass is 16.7. The molecule has 1 aliphatic rings. The fraction of sp³-hybridized carbons (Fsp3) is 0.680. The van der Waals surface area contributed by atoms with E-state index in [9.17, 15) is 9.59 Å². The fourth-order valence-electron chi connectivity index (χ4n) is 3.92. The molecule has 180 valence electrons. The van der Waals surface area contributed by atoms with Gasteiger partial charge in [-0.05, 0) is 49.8 Å². The van der Waals surface area contributed by atoms with E-state index < -0.39 is 30.4 Å². The van der Waals surface area contributed by atoms with Crippen LogP contribution in [0.25, 0.3) is 0 Å². The van der Waals surface area contributed by atoms with Crippen LogP contribution in [0.1, 0.15) is 65.9 Å². The molecule has 2 rings (SSSR count). The van der Waals surface area contributed by atoms with Crippen LogP contribution in [-0.4, -0.2) is 49.8 Å². The van der Waals surface area contributed by atoms with Crippen LogP contribution in [0.15, 0.2) is 24.3 Å². The number of esters is 2. The van der Waals surface area contributed by atoms with Crippen molar-refractivity contribution in [1.29, 1.82) is 0 Å². The number of aryl methyl sites for hydroxylation is 1. The summed E-state index contributed by atoms with van der Waals surface area (Å²) in [6.07, 6.45) is 2.13. The zero-order chi connectivity index (χ0) is 23.5. The second kappa shape index (κ2) is 13.4. The quantitative estimate of drug-likeness (QED) is 0.344. The standard InChI is InChI=1S/C25H38O7/c1-6-15-28-21-13-11-20(12-14-21)10-8-9-16-29-25-24(31-19(5)27)23(30-18(4)26)17(3)22(7-2)32-25/h11-14,17,22-25H,6-10,15-16H2,1-5H3/t17-,22-,23+,24-,25-/m1/s1. The van der Waals surface area contributed by atoms with Crippen LogP contribution in [0, 0.1) is 5.92 Å². The maximum Gasteiger partial charge on any atom is 0.303 e. The van der Waals surface area contributed by atoms with Crippen LogP contribution < -0.4 is 4.74 Å². The largest absolute Gasteiger partial charge is 0.494 e. The van der Waals surface area contributed by atoms with Crippen molar-refractivity contribution < 1.29 is 33.3 Å². The molecule has 1 fully saturated rings. The highest BCUT2D eigenvalue weighted by Gasteiger charge is 2.47. The lowest BCUT2D eigenvalue weighted by Crippen LogP contribution is -2.57. The molecule has 5 atom stereocenters. The summed E-state index contributed by atoms with van der Waals surface area (Å²) in [5.41, 5.74) is 1.25. The molecule has 1 aliphatic heterocycles. The minimum Gasteiger partial charge on any atom is -0.494 e. The lowest BCUT2D eigenvalue weighted by molar-refractivity contribution is -0.290. The second-order valence-corrected chi connectivity index (χ2v) is 8.28. The first kappa shape index (κ1) is 26.1. The number of hydrogen-bond acceptors (Lipinski definition) is 7. The first-order valence-electron chi connectivity index (χ1n) is 11.7. The predicted octanol–water partition coefficient (Wildman–Crippen LogP) is 4.45. The number of benzene rings is 1. The Hall–Kier alpha value is -2.12. The molecule has 1 aromatic rings. The van der Waals surface area contributed by atoms with Crippen molar-refractivity contribution >= 4 is 11.9 Å². The molecule has 0 amide bonds. The Morgan fingerprint density at radius 1 is 0.938 bits per heavy atom. The van der Waals surface area contributed by atoms with Crippen molar-refractivity contribution in [2.24, 2.45) is 5.92 Å². The summed E-state index contributed by atoms with van der Waals surface area (Å²) in [4.78, 5) is 23.3. The maximum absolute atomic E-state index is 11.7. The predicted molar refractivity (Wildman–Crippen MR) is 120 cm³/mol. The SMILES string of the molecule is CCCOc1ccc(CCCCO[C@@H]2O[C@H](CC)[C@@H](C)[C@H](OC(C)=O)[C@H]2OC(C)=O)cc1. The molecule has 0 bridgehead atoms. The van der Waals surface area contributed by atoms with E-state index in [-0.39, 0.29) is 12.0 Å². The van der Waals surface area contributed by atoms with E-state index in [1.165, 1.54) is 19.4 Å². The van der Waals surface area contributed by atoms with E-state index in [0.29, 0.717) is 6.61 Å². The lowest BCUT2D eigenvalue weighted by Gasteiger charge is -2.43. The van der Waals surface area contributed by atoms with Crippen molar-refractivity contribution in [3.63, 3.8) is 0 Å². The van der Waals surface area contributed by atoms with Gasteiger partial charge in [-0.25, -0.2) is 0 Å². The molecular weight excluding hydrogens is 412 g/mol. The van der Waals surface area contributed by atoms with Crippen LogP contribution >= 0.6 is 0 Å². The van der Waals surface area contributed by atoms with Gasteiger partial charge >= 0.3 is 11.9 Å². The number of hydrogen-bond donors (Lipinski definition) is 0. The van der Waals surface area contributed by atoms with Gasteiger partial charge in [0.25, 0.3) is 0 Å². The topological polar surface area (TPSA) is 80.3 Å². The van der Waals surface area contributed by atoms with Gasteiger partial charge in [0.05, 0.1) is 12.7 Å². The monoisotopic (exact) mass is 450 g/mol. The van der Waals surface area contributed by atoms with Crippen LogP contribution in [0.3, 0.4) is 0 Å². The number of carbonyl (C=O) groups is 2. The van der Waals surface area contributed by atoms with Crippen LogP contribution in [0.4, 0.5) is 0 Å². The summed E-state index contributed by atoms with van der Waals surface area (Å²) >= 11 is 0. The molecule has 7 nitrogen and oxygen atoms in total. The molecule has 1 aromatic carbocycles. The minimum atomic E-state index is -0.787. The van der Waals surface area contributed by atoms with Gasteiger partial charge in [0, 0.05) is 26.4 Å². The summed E-state index contributed by atoms with van der Waals surface area (Å²) in [5.74, 6) is -0.0946. The van der Waals surface area contributed by atoms with Gasteiger partial charge in [-0.15, -0.1) is 0 Å². The van der Waals surface area contributed by atoms with Gasteiger partial charge in [0.2, 0.25) is 0 Å². The normalized spacial score (nSPS) is 25.2. The molecule has 0 saturated carbocycles. The molecule has 1 heterocycles. The third kappa shape index (κ3) is 8.10. The Balaban J connectivity index is 1.88. The third-order valence-electron chi connectivity index (χ3n) is 5.55. The summed E-state index contributed by atoms with van der Waals surface area (Å²) in [6.45, 7) is 9.90. The summed E-state index contributed by atoms with van der Waals surface area (Å²) in [6, 6.07) is 8.18. The second-order valence-electron chi connectivity index (χ2n) is 8.28. The van der Waals surface area contributed by atoms with Crippen LogP contribution in [0.5, 0.6) is 5.75 Å². The number of unbranched alkanes of at least 4 members (excludes halogenated alkanes) is 1. The molecule has 1 saturated heterocycles. The van der Waals surface area contributed by atoms with Crippen molar-refractivity contribution in [2.75, 3.05) is 13.2 Å². The smallest absolute Gasteiger partial charge is 0.303 e. The van der Waals surface area contributed by atoms with Gasteiger partial charge in [-0.3, -0.25) is 9.59 Å². The number of ether oxygens (including phenoxy) is 5. The molecule has 0 radical (unpaired) electrons. The molecule has 7 heteroatoms. The van der Waals surface area contributed by atoms with E-state index in [1.54, 1.807) is 0 Å². The number of rotatable bonds is 12. The summed E-state index contributed by atoms with van der Waals surface area (Å²) in [5, 5.41) is 0. The first-order chi connectivity index (χ1) is 15.3. The molecule has 0 aliphatic carbocycles. The number of carbonyl (C=O) groups excluding carboxylic acids is 2. The van der Waals surface area contributed by atoms with Crippen LogP contribution in [0.2, 0.25) is 0 Å². The van der Waals surface area contributed by atoms with E-state index in [4.69, 9.17) is 23.7 Å². The van der Waals surface area contributed by atoms with E-state index in [1.807, 2.05) is 26.0 Å². The Kier molecular flexibility index (Phi) is 11.0. The summed E-state index contributed by atoms with van der Waals surface area (Å²) in [7, 11) is 0. The fourth-order valence-corrected chi connectivity index (χ4v) is 3.92. The molecule has 32 heavy (non-hydrogen) atoms. The van der Waals surface area contributed by atoms with E-state index >= 15 is 0 Å². The van der Waals surface area contributed by atoms with Crippen LogP contribution in [-0.2, 0) is 35.0 Å². The van der Waals surface area contributed by atoms with Gasteiger partial charge in [-0.2, -0.15) is 0 Å². The summed E-state index contributed by atoms with van der Waals surface area (Å²) < 4.78 is 28.7. The molecule has 0 N–H and O–H groups in total. The van der Waals surface area contributed by atoms with Gasteiger partial charge in [-0.1, -0.05) is 32.9 Å². The Bertz CT molecular complexity index is 703. The Morgan fingerprint density at radius 3 is 2.19 bits per heavy atom. The zero-order valence-corrected chi connectivity index (χ0v) is 20.0. The molecule has 0 spiro atoms. The molecule has 0 unspecified atom stereocenters. The Labute approximate surface area is 191 Å². The van der Waals surface area contributed by atoms with Gasteiger partial charge in [0.1, 0.15) is 11.9 Å². The zero-order valence-electron chi connectivity index (χ0n) is 20.0. The third-order valence-corrected chi connectivity index (χ3v) is 5.55.